The summed E-state index contributed by atoms with van der Waals surface area (Å²) in [6.07, 6.45) is 4.94. The van der Waals surface area contributed by atoms with Crippen LogP contribution in [0.3, 0.4) is 0 Å². The van der Waals surface area contributed by atoms with E-state index in [-0.39, 0.29) is 30.3 Å². The Morgan fingerprint density at radius 2 is 1.08 bits per heavy atom. The van der Waals surface area contributed by atoms with Gasteiger partial charge in [0.25, 0.3) is 0 Å². The van der Waals surface area contributed by atoms with Crippen molar-refractivity contribution in [1.82, 2.24) is 0 Å². The van der Waals surface area contributed by atoms with Crippen LogP contribution in [0.1, 0.15) is 43.5 Å². The second-order valence-corrected chi connectivity index (χ2v) is 32.3. The molecular formula is C22H26Cl2HfSi. The minimum atomic E-state index is -1.96. The predicted octanol–water partition coefficient (Wildman–Crippen LogP) is 7.02. The molecule has 2 aromatic carbocycles. The zero-order valence-electron chi connectivity index (χ0n) is 15.7. The Hall–Kier alpha value is -0.413. The molecule has 0 amide bonds. The van der Waals surface area contributed by atoms with Gasteiger partial charge in [0, 0.05) is 0 Å². The molecule has 0 bridgehead atoms. The quantitative estimate of drug-likeness (QED) is 0.342. The molecule has 26 heavy (non-hydrogen) atoms. The Morgan fingerprint density at radius 3 is 1.46 bits per heavy atom. The maximum Gasteiger partial charge on any atom is -0.147 e. The van der Waals surface area contributed by atoms with Gasteiger partial charge >= 0.3 is 154 Å². The van der Waals surface area contributed by atoms with Crippen molar-refractivity contribution in [2.24, 2.45) is 0 Å². The van der Waals surface area contributed by atoms with Gasteiger partial charge in [-0.15, -0.1) is 24.8 Å². The van der Waals surface area contributed by atoms with Crippen LogP contribution < -0.4 is 0 Å². The fourth-order valence-electron chi connectivity index (χ4n) is 4.53. The summed E-state index contributed by atoms with van der Waals surface area (Å²) in [4.78, 5) is 0. The van der Waals surface area contributed by atoms with Gasteiger partial charge < -0.3 is 0 Å². The van der Waals surface area contributed by atoms with Crippen molar-refractivity contribution in [2.75, 3.05) is 0 Å². The van der Waals surface area contributed by atoms with E-state index in [0.717, 1.165) is 7.35 Å². The molecule has 0 heterocycles. The number of hydrogen-bond donors (Lipinski definition) is 0. The normalized spacial score (nSPS) is 19.4. The second kappa shape index (κ2) is 8.73. The summed E-state index contributed by atoms with van der Waals surface area (Å²) in [5.74, 6) is 0. The zero-order valence-corrected chi connectivity index (χ0v) is 22.0. The van der Waals surface area contributed by atoms with Crippen LogP contribution in [0.15, 0.2) is 59.7 Å². The van der Waals surface area contributed by atoms with Crippen LogP contribution in [-0.2, 0) is 20.1 Å². The van der Waals surface area contributed by atoms with Gasteiger partial charge in [-0.3, -0.25) is 0 Å². The van der Waals surface area contributed by atoms with E-state index >= 15 is 0 Å². The van der Waals surface area contributed by atoms with Gasteiger partial charge in [-0.2, -0.15) is 0 Å². The van der Waals surface area contributed by atoms with E-state index in [1.807, 2.05) is 0 Å². The Balaban J connectivity index is 0.00000121. The van der Waals surface area contributed by atoms with E-state index in [0.29, 0.717) is 0 Å². The third-order valence-corrected chi connectivity index (χ3v) is 33.8. The molecule has 4 rings (SSSR count). The summed E-state index contributed by atoms with van der Waals surface area (Å²) in [5.41, 5.74) is 9.27. The van der Waals surface area contributed by atoms with Crippen LogP contribution in [0.4, 0.5) is 0 Å². The number of halogens is 2. The van der Waals surface area contributed by atoms with Crippen molar-refractivity contribution in [1.29, 1.82) is 0 Å². The van der Waals surface area contributed by atoms with Crippen molar-refractivity contribution in [3.8, 4) is 0 Å². The molecule has 0 saturated heterocycles. The fourth-order valence-corrected chi connectivity index (χ4v) is 34.0. The topological polar surface area (TPSA) is 0 Å². The van der Waals surface area contributed by atoms with E-state index in [9.17, 15) is 0 Å². The molecule has 0 nitrogen and oxygen atoms in total. The van der Waals surface area contributed by atoms with Gasteiger partial charge in [0.05, 0.1) is 0 Å². The van der Waals surface area contributed by atoms with Crippen molar-refractivity contribution < 1.29 is 20.1 Å². The first-order valence-electron chi connectivity index (χ1n) is 8.79. The summed E-state index contributed by atoms with van der Waals surface area (Å²) in [6.45, 7) is 9.96. The molecule has 0 spiro atoms. The Labute approximate surface area is 177 Å². The molecule has 2 aromatic rings. The number of benzene rings is 2. The first-order chi connectivity index (χ1) is 11.6. The van der Waals surface area contributed by atoms with Crippen LogP contribution in [-0.4, -0.2) is 5.49 Å². The van der Waals surface area contributed by atoms with Crippen LogP contribution in [0.2, 0.25) is 13.1 Å². The molecule has 2 atom stereocenters. The van der Waals surface area contributed by atoms with Gasteiger partial charge in [-0.25, -0.2) is 0 Å². The molecule has 2 aliphatic rings. The molecular weight excluding hydrogens is 542 g/mol. The van der Waals surface area contributed by atoms with Gasteiger partial charge in [0.15, 0.2) is 0 Å². The van der Waals surface area contributed by atoms with Crippen LogP contribution in [0.5, 0.6) is 0 Å². The van der Waals surface area contributed by atoms with Crippen molar-refractivity contribution >= 4 is 42.5 Å². The number of allylic oxidation sites excluding steroid dienone is 2. The SMILES string of the molecule is CC1=Cc2ccccc2[CH]1[Hf]([CH]1C(C)=Cc2ccccc21)=[Si](C)C.Cl.Cl. The zero-order chi connectivity index (χ0) is 16.8. The molecule has 4 heteroatoms. The average Bonchev–Trinajstić information content (AvgIpc) is 3.05. The van der Waals surface area contributed by atoms with Crippen LogP contribution >= 0.6 is 24.8 Å². The van der Waals surface area contributed by atoms with Gasteiger partial charge in [-0.1, -0.05) is 0 Å². The number of fused-ring (bicyclic) bond motifs is 2. The standard InChI is InChI=1S/2C10H9.C2H6Si.2ClH.Hf/c2*1-8-6-9-4-2-3-5-10(9)7-8;1-3-2;;;/h2*2-7H,1H3;1-2H3;2*1H;. The van der Waals surface area contributed by atoms with E-state index < -0.39 is 20.1 Å². The van der Waals surface area contributed by atoms with Crippen LogP contribution in [0.25, 0.3) is 12.2 Å². The fraction of sp³-hybridized carbons (Fsp3) is 0.273. The molecule has 2 unspecified atom stereocenters. The molecule has 0 aromatic heterocycles. The maximum absolute atomic E-state index is 2.59. The van der Waals surface area contributed by atoms with Crippen LogP contribution in [0, 0.1) is 0 Å². The summed E-state index contributed by atoms with van der Waals surface area (Å²) >= 11 is -1.96. The second-order valence-electron chi connectivity index (χ2n) is 7.36. The van der Waals surface area contributed by atoms with E-state index in [1.54, 1.807) is 22.3 Å². The summed E-state index contributed by atoms with van der Waals surface area (Å²) in [5, 5.41) is 0. The summed E-state index contributed by atoms with van der Waals surface area (Å²) < 4.78 is 1.57. The number of hydrogen-bond acceptors (Lipinski definition) is 0. The Morgan fingerprint density at radius 1 is 0.692 bits per heavy atom. The van der Waals surface area contributed by atoms with E-state index in [2.05, 4.69) is 87.6 Å². The largest absolute Gasteiger partial charge is 0.147 e. The molecule has 0 saturated carbocycles. The monoisotopic (exact) mass is 568 g/mol. The molecule has 0 radical (unpaired) electrons. The van der Waals surface area contributed by atoms with Crippen molar-refractivity contribution in [3.63, 3.8) is 0 Å². The molecule has 2 aliphatic carbocycles. The third kappa shape index (κ3) is 3.63. The van der Waals surface area contributed by atoms with E-state index in [1.165, 1.54) is 11.1 Å². The first kappa shape index (κ1) is 21.9. The van der Waals surface area contributed by atoms with Crippen molar-refractivity contribution in [3.05, 3.63) is 81.9 Å². The average molecular weight is 568 g/mol. The maximum atomic E-state index is 2.59. The smallest absolute Gasteiger partial charge is 0.147 e. The Bertz CT molecular complexity index is 854. The predicted molar refractivity (Wildman–Crippen MR) is 118 cm³/mol. The molecule has 0 aliphatic heterocycles. The third-order valence-electron chi connectivity index (χ3n) is 5.49. The minimum absolute atomic E-state index is 0. The summed E-state index contributed by atoms with van der Waals surface area (Å²) in [7, 11) is 0. The Kier molecular flexibility index (Phi) is 7.35. The summed E-state index contributed by atoms with van der Waals surface area (Å²) in [6, 6.07) is 18.3. The molecule has 0 N–H and O–H groups in total. The minimum Gasteiger partial charge on any atom is -0.147 e. The number of rotatable bonds is 2. The van der Waals surface area contributed by atoms with E-state index in [4.69, 9.17) is 0 Å². The van der Waals surface area contributed by atoms with Gasteiger partial charge in [-0.05, 0) is 0 Å². The van der Waals surface area contributed by atoms with Crippen molar-refractivity contribution in [2.45, 2.75) is 34.3 Å². The molecule has 136 valence electrons. The van der Waals surface area contributed by atoms with Gasteiger partial charge in [0.1, 0.15) is 0 Å². The first-order valence-corrected chi connectivity index (χ1v) is 20.8. The molecule has 0 fully saturated rings. The van der Waals surface area contributed by atoms with Gasteiger partial charge in [0.2, 0.25) is 0 Å².